The van der Waals surface area contributed by atoms with Crippen LogP contribution >= 0.6 is 0 Å². The summed E-state index contributed by atoms with van der Waals surface area (Å²) in [4.78, 5) is 38.4. The summed E-state index contributed by atoms with van der Waals surface area (Å²) in [7, 11) is 0. The van der Waals surface area contributed by atoms with Crippen molar-refractivity contribution in [1.82, 2.24) is 0 Å². The Bertz CT molecular complexity index is 1590. The SMILES string of the molecule is CC/C=C\C/C=C\C/C=C\C/C=C\C/C=C\CCCCCCCCCCCC(=O)OCC(COC(=O)CCCCCCC/C=C\CCCCCC)OC(=O)CCCCCCCCCC/C=C\C/C=C\C/C=C\CCCCCCC. The van der Waals surface area contributed by atoms with E-state index in [1.165, 1.54) is 154 Å². The molecule has 0 aliphatic carbocycles. The summed E-state index contributed by atoms with van der Waals surface area (Å²) in [6, 6.07) is 0. The van der Waals surface area contributed by atoms with Crippen molar-refractivity contribution in [2.75, 3.05) is 13.2 Å². The highest BCUT2D eigenvalue weighted by atomic mass is 16.6. The number of rotatable bonds is 60. The summed E-state index contributed by atoms with van der Waals surface area (Å²) in [5, 5.41) is 0. The maximum Gasteiger partial charge on any atom is 0.306 e. The molecule has 0 aliphatic heterocycles. The lowest BCUT2D eigenvalue weighted by atomic mass is 10.1. The molecule has 79 heavy (non-hydrogen) atoms. The molecular weight excluding hydrogens is 973 g/mol. The summed E-state index contributed by atoms with van der Waals surface area (Å²) < 4.78 is 16.9. The number of allylic oxidation sites excluding steroid dienone is 18. The normalized spacial score (nSPS) is 12.8. The molecule has 6 nitrogen and oxygen atoms in total. The predicted octanol–water partition coefficient (Wildman–Crippen LogP) is 23.0. The van der Waals surface area contributed by atoms with Crippen molar-refractivity contribution >= 4 is 17.9 Å². The molecular formula is C73H124O6. The van der Waals surface area contributed by atoms with E-state index in [0.29, 0.717) is 19.3 Å². The summed E-state index contributed by atoms with van der Waals surface area (Å²) in [5.41, 5.74) is 0. The Balaban J connectivity index is 4.36. The summed E-state index contributed by atoms with van der Waals surface area (Å²) in [5.74, 6) is -0.900. The number of carbonyl (C=O) groups is 3. The first-order valence-electron chi connectivity index (χ1n) is 33.4. The van der Waals surface area contributed by atoms with Crippen molar-refractivity contribution in [3.05, 3.63) is 109 Å². The van der Waals surface area contributed by atoms with Crippen molar-refractivity contribution in [3.63, 3.8) is 0 Å². The molecule has 1 atom stereocenters. The second kappa shape index (κ2) is 66.6. The minimum atomic E-state index is -0.791. The smallest absolute Gasteiger partial charge is 0.306 e. The molecule has 6 heteroatoms. The van der Waals surface area contributed by atoms with Crippen molar-refractivity contribution in [2.45, 2.75) is 322 Å². The van der Waals surface area contributed by atoms with Crippen molar-refractivity contribution in [2.24, 2.45) is 0 Å². The van der Waals surface area contributed by atoms with E-state index in [2.05, 4.69) is 130 Å². The van der Waals surface area contributed by atoms with Gasteiger partial charge in [0, 0.05) is 19.3 Å². The molecule has 0 aromatic rings. The number of esters is 3. The van der Waals surface area contributed by atoms with Crippen LogP contribution in [0, 0.1) is 0 Å². The molecule has 0 saturated heterocycles. The fourth-order valence-corrected chi connectivity index (χ4v) is 9.24. The first-order chi connectivity index (χ1) is 39.0. The van der Waals surface area contributed by atoms with Gasteiger partial charge in [-0.1, -0.05) is 278 Å². The van der Waals surface area contributed by atoms with Crippen LogP contribution in [0.1, 0.15) is 316 Å². The van der Waals surface area contributed by atoms with Gasteiger partial charge in [0.2, 0.25) is 0 Å². The Morgan fingerprint density at radius 2 is 0.494 bits per heavy atom. The van der Waals surface area contributed by atoms with Gasteiger partial charge in [-0.2, -0.15) is 0 Å². The summed E-state index contributed by atoms with van der Waals surface area (Å²) in [6.07, 6.45) is 90.9. The Morgan fingerprint density at radius 3 is 0.797 bits per heavy atom. The van der Waals surface area contributed by atoms with E-state index in [4.69, 9.17) is 14.2 Å². The third-order valence-electron chi connectivity index (χ3n) is 14.2. The zero-order valence-electron chi connectivity index (χ0n) is 51.9. The van der Waals surface area contributed by atoms with Crippen molar-refractivity contribution < 1.29 is 28.6 Å². The molecule has 0 aromatic carbocycles. The van der Waals surface area contributed by atoms with E-state index >= 15 is 0 Å². The van der Waals surface area contributed by atoms with E-state index < -0.39 is 6.10 Å². The molecule has 0 N–H and O–H groups in total. The maximum atomic E-state index is 12.9. The predicted molar refractivity (Wildman–Crippen MR) is 343 cm³/mol. The molecule has 0 fully saturated rings. The second-order valence-electron chi connectivity index (χ2n) is 22.0. The Labute approximate surface area is 489 Å². The maximum absolute atomic E-state index is 12.9. The van der Waals surface area contributed by atoms with Gasteiger partial charge in [-0.3, -0.25) is 14.4 Å². The van der Waals surface area contributed by atoms with E-state index in [1.807, 2.05) is 0 Å². The Kier molecular flexibility index (Phi) is 63.3. The molecule has 1 unspecified atom stereocenters. The van der Waals surface area contributed by atoms with Crippen molar-refractivity contribution in [3.8, 4) is 0 Å². The molecule has 0 spiro atoms. The lowest BCUT2D eigenvalue weighted by molar-refractivity contribution is -0.167. The number of hydrogen-bond acceptors (Lipinski definition) is 6. The molecule has 0 saturated carbocycles. The zero-order valence-corrected chi connectivity index (χ0v) is 51.9. The molecule has 0 radical (unpaired) electrons. The Hall–Kier alpha value is -3.93. The first-order valence-corrected chi connectivity index (χ1v) is 33.4. The van der Waals surface area contributed by atoms with Crippen LogP contribution in [0.15, 0.2) is 109 Å². The minimum Gasteiger partial charge on any atom is -0.462 e. The fraction of sp³-hybridized carbons (Fsp3) is 0.712. The average molecular weight is 1100 g/mol. The lowest BCUT2D eigenvalue weighted by Gasteiger charge is -2.18. The first kappa shape index (κ1) is 75.1. The van der Waals surface area contributed by atoms with Gasteiger partial charge in [0.25, 0.3) is 0 Å². The summed E-state index contributed by atoms with van der Waals surface area (Å²) >= 11 is 0. The zero-order chi connectivity index (χ0) is 57.1. The number of unbranched alkanes of at least 4 members (excludes halogenated alkanes) is 31. The third kappa shape index (κ3) is 64.8. The van der Waals surface area contributed by atoms with Crippen molar-refractivity contribution in [1.29, 1.82) is 0 Å². The molecule has 0 amide bonds. The van der Waals surface area contributed by atoms with Gasteiger partial charge in [0.15, 0.2) is 6.10 Å². The van der Waals surface area contributed by atoms with Crippen LogP contribution in [-0.4, -0.2) is 37.2 Å². The molecule has 0 heterocycles. The van der Waals surface area contributed by atoms with Gasteiger partial charge < -0.3 is 14.2 Å². The highest BCUT2D eigenvalue weighted by molar-refractivity contribution is 5.71. The highest BCUT2D eigenvalue weighted by Crippen LogP contribution is 2.16. The monoisotopic (exact) mass is 1100 g/mol. The average Bonchev–Trinajstić information content (AvgIpc) is 3.45. The van der Waals surface area contributed by atoms with Gasteiger partial charge in [-0.25, -0.2) is 0 Å². The van der Waals surface area contributed by atoms with Crippen LogP contribution in [0.2, 0.25) is 0 Å². The van der Waals surface area contributed by atoms with E-state index in [0.717, 1.165) is 122 Å². The molecule has 0 aliphatic rings. The number of hydrogen-bond donors (Lipinski definition) is 0. The van der Waals surface area contributed by atoms with Crippen LogP contribution < -0.4 is 0 Å². The highest BCUT2D eigenvalue weighted by Gasteiger charge is 2.19. The van der Waals surface area contributed by atoms with Crippen LogP contribution in [0.5, 0.6) is 0 Å². The van der Waals surface area contributed by atoms with E-state index in [1.54, 1.807) is 0 Å². The lowest BCUT2D eigenvalue weighted by Crippen LogP contribution is -2.30. The van der Waals surface area contributed by atoms with E-state index in [9.17, 15) is 14.4 Å². The number of carbonyl (C=O) groups excluding carboxylic acids is 3. The third-order valence-corrected chi connectivity index (χ3v) is 14.2. The molecule has 0 bridgehead atoms. The van der Waals surface area contributed by atoms with Crippen LogP contribution in [0.3, 0.4) is 0 Å². The van der Waals surface area contributed by atoms with Gasteiger partial charge in [-0.05, 0) is 128 Å². The van der Waals surface area contributed by atoms with Gasteiger partial charge in [0.1, 0.15) is 13.2 Å². The quantitative estimate of drug-likeness (QED) is 0.0261. The van der Waals surface area contributed by atoms with Crippen LogP contribution in [-0.2, 0) is 28.6 Å². The van der Waals surface area contributed by atoms with E-state index in [-0.39, 0.29) is 31.1 Å². The fourth-order valence-electron chi connectivity index (χ4n) is 9.24. The number of ether oxygens (including phenoxy) is 3. The summed E-state index contributed by atoms with van der Waals surface area (Å²) in [6.45, 7) is 6.51. The largest absolute Gasteiger partial charge is 0.462 e. The van der Waals surface area contributed by atoms with Crippen LogP contribution in [0.25, 0.3) is 0 Å². The standard InChI is InChI=1S/C73H124O6/c1-4-7-10-13-16-19-22-25-27-29-31-33-35-36-38-39-41-43-45-48-51-54-57-60-63-66-72(75)78-69-70(68-77-71(74)65-62-59-56-53-50-47-24-21-18-15-12-9-6-3)79-73(76)67-64-61-58-55-52-49-46-44-42-40-37-34-32-30-28-26-23-20-17-14-11-8-5-2/h7,10,16,19,21,23-27,30-33,36-38,40,70H,4-6,8-9,11-15,17-18,20,22,28-29,34-35,39,41-69H2,1-3H3/b10-7-,19-16-,24-21-,26-23-,27-25-,32-30-,33-31-,38-36-,40-37-. The second-order valence-corrected chi connectivity index (χ2v) is 22.0. The molecule has 452 valence electrons. The van der Waals surface area contributed by atoms with Gasteiger partial charge in [0.05, 0.1) is 0 Å². The van der Waals surface area contributed by atoms with Crippen LogP contribution in [0.4, 0.5) is 0 Å². The molecule has 0 rings (SSSR count). The minimum absolute atomic E-state index is 0.0871. The Morgan fingerprint density at radius 1 is 0.266 bits per heavy atom. The topological polar surface area (TPSA) is 78.9 Å². The van der Waals surface area contributed by atoms with Gasteiger partial charge >= 0.3 is 17.9 Å². The van der Waals surface area contributed by atoms with Gasteiger partial charge in [-0.15, -0.1) is 0 Å². The molecule has 0 aromatic heterocycles.